The molecule has 0 N–H and O–H groups in total. The van der Waals surface area contributed by atoms with Crippen molar-refractivity contribution < 1.29 is 26.3 Å². The van der Waals surface area contributed by atoms with Crippen molar-refractivity contribution in [1.82, 2.24) is 0 Å². The van der Waals surface area contributed by atoms with Crippen molar-refractivity contribution >= 4 is 45.2 Å². The summed E-state index contributed by atoms with van der Waals surface area (Å²) in [6.45, 7) is 0. The summed E-state index contributed by atoms with van der Waals surface area (Å²) in [6, 6.07) is 0. The van der Waals surface area contributed by atoms with E-state index in [2.05, 4.69) is 0 Å². The summed E-state index contributed by atoms with van der Waals surface area (Å²) in [4.78, 5) is 0. The van der Waals surface area contributed by atoms with E-state index in [4.69, 9.17) is 0 Å². The van der Waals surface area contributed by atoms with Crippen LogP contribution in [0, 0.1) is 0 Å². The highest BCUT2D eigenvalue weighted by molar-refractivity contribution is 14.1. The van der Waals surface area contributed by atoms with Gasteiger partial charge < -0.3 is 0 Å². The van der Waals surface area contributed by atoms with Crippen LogP contribution >= 0.6 is 45.2 Å². The largest absolute Gasteiger partial charge is 0.331 e. The molecule has 0 rings (SSSR count). The predicted octanol–water partition coefficient (Wildman–Crippen LogP) is 3.72. The van der Waals surface area contributed by atoms with E-state index in [1.165, 1.54) is 0 Å². The zero-order valence-corrected chi connectivity index (χ0v) is 9.49. The second-order valence-corrected chi connectivity index (χ2v) is 4.97. The summed E-state index contributed by atoms with van der Waals surface area (Å²) < 4.78 is 64.1. The second kappa shape index (κ2) is 4.05. The Morgan fingerprint density at radius 1 is 0.917 bits per heavy atom. The minimum absolute atomic E-state index is 0.275. The molecule has 0 amide bonds. The number of alkyl halides is 8. The molecular weight excluding hydrogens is 416 g/mol. The summed E-state index contributed by atoms with van der Waals surface area (Å²) in [5.74, 6) is 0. The van der Waals surface area contributed by atoms with Gasteiger partial charge in [0.25, 0.3) is 10.1 Å². The Labute approximate surface area is 91.4 Å². The summed E-state index contributed by atoms with van der Waals surface area (Å²) in [6.07, 6.45) is -7.31. The molecule has 0 nitrogen and oxygen atoms in total. The molecule has 0 fully saturated rings. The van der Waals surface area contributed by atoms with Gasteiger partial charge in [-0.3, -0.25) is 0 Å². The minimum Gasteiger partial charge on any atom is -0.235 e. The van der Waals surface area contributed by atoms with E-state index in [0.29, 0.717) is 22.6 Å². The molecule has 8 heteroatoms. The van der Waals surface area contributed by atoms with E-state index >= 15 is 0 Å². The van der Waals surface area contributed by atoms with Crippen LogP contribution in [0.5, 0.6) is 0 Å². The monoisotopic (exact) mass is 418 g/mol. The Bertz CT molecular complexity index is 152. The topological polar surface area (TPSA) is 0 Å². The zero-order valence-electron chi connectivity index (χ0n) is 5.18. The summed E-state index contributed by atoms with van der Waals surface area (Å²) in [7, 11) is 0. The SMILES string of the molecule is FC(F)C(F)(I)C(F)C(F)(F)I. The van der Waals surface area contributed by atoms with Crippen molar-refractivity contribution in [3.8, 4) is 0 Å². The minimum atomic E-state index is -4.13. The predicted molar refractivity (Wildman–Crippen MR) is 47.7 cm³/mol. The van der Waals surface area contributed by atoms with Crippen LogP contribution in [-0.4, -0.2) is 20.2 Å². The van der Waals surface area contributed by atoms with Crippen LogP contribution in [0.15, 0.2) is 0 Å². The van der Waals surface area contributed by atoms with Crippen molar-refractivity contribution in [2.75, 3.05) is 0 Å². The fourth-order valence-corrected chi connectivity index (χ4v) is 1.77. The lowest BCUT2D eigenvalue weighted by atomic mass is 10.2. The van der Waals surface area contributed by atoms with Gasteiger partial charge in [0.1, 0.15) is 0 Å². The first kappa shape index (κ1) is 13.0. The molecule has 0 aliphatic carbocycles. The molecule has 0 saturated heterocycles. The summed E-state index contributed by atoms with van der Waals surface area (Å²) >= 11 is 0.615. The van der Waals surface area contributed by atoms with Crippen LogP contribution in [-0.2, 0) is 0 Å². The van der Waals surface area contributed by atoms with Gasteiger partial charge in [0, 0.05) is 22.6 Å². The molecule has 0 radical (unpaired) electrons. The standard InChI is InChI=1S/C4H2F6I2/c5-1(4(9,10)12)3(8,11)2(6)7/h1-2H. The van der Waals surface area contributed by atoms with Crippen molar-refractivity contribution in [2.24, 2.45) is 0 Å². The van der Waals surface area contributed by atoms with Crippen LogP contribution in [0.1, 0.15) is 0 Å². The lowest BCUT2D eigenvalue weighted by molar-refractivity contribution is -0.0745. The molecule has 0 heterocycles. The van der Waals surface area contributed by atoms with Crippen LogP contribution in [0.4, 0.5) is 26.3 Å². The van der Waals surface area contributed by atoms with E-state index < -0.39 is 20.2 Å². The maximum atomic E-state index is 12.5. The molecule has 0 bridgehead atoms. The quantitative estimate of drug-likeness (QED) is 0.373. The summed E-state index contributed by atoms with van der Waals surface area (Å²) in [5.41, 5.74) is 0. The van der Waals surface area contributed by atoms with Crippen molar-refractivity contribution in [3.63, 3.8) is 0 Å². The van der Waals surface area contributed by atoms with Crippen molar-refractivity contribution in [2.45, 2.75) is 20.2 Å². The molecule has 74 valence electrons. The third kappa shape index (κ3) is 3.07. The molecule has 2 unspecified atom stereocenters. The molecule has 12 heavy (non-hydrogen) atoms. The molecule has 0 aliphatic heterocycles. The number of halogens is 8. The fraction of sp³-hybridized carbons (Fsp3) is 1.00. The average molecular weight is 418 g/mol. The third-order valence-electron chi connectivity index (χ3n) is 0.916. The van der Waals surface area contributed by atoms with E-state index in [1.807, 2.05) is 0 Å². The van der Waals surface area contributed by atoms with Gasteiger partial charge in [-0.2, -0.15) is 8.78 Å². The fourth-order valence-electron chi connectivity index (χ4n) is 0.329. The molecular formula is C4H2F6I2. The van der Waals surface area contributed by atoms with Crippen molar-refractivity contribution in [3.05, 3.63) is 0 Å². The van der Waals surface area contributed by atoms with E-state index in [-0.39, 0.29) is 22.6 Å². The van der Waals surface area contributed by atoms with Crippen molar-refractivity contribution in [1.29, 1.82) is 0 Å². The second-order valence-electron chi connectivity index (χ2n) is 1.88. The molecule has 2 atom stereocenters. The van der Waals surface area contributed by atoms with E-state index in [9.17, 15) is 26.3 Å². The Morgan fingerprint density at radius 3 is 1.33 bits per heavy atom. The van der Waals surface area contributed by atoms with E-state index in [0.717, 1.165) is 0 Å². The Morgan fingerprint density at radius 2 is 1.25 bits per heavy atom. The highest BCUT2D eigenvalue weighted by atomic mass is 127. The first-order valence-corrected chi connectivity index (χ1v) is 4.62. The van der Waals surface area contributed by atoms with Gasteiger partial charge in [-0.15, -0.1) is 0 Å². The third-order valence-corrected chi connectivity index (χ3v) is 2.48. The van der Waals surface area contributed by atoms with Gasteiger partial charge >= 0.3 is 3.93 Å². The van der Waals surface area contributed by atoms with Crippen LogP contribution < -0.4 is 0 Å². The molecule has 0 aromatic rings. The Hall–Kier alpha value is 1.04. The molecule has 0 spiro atoms. The maximum absolute atomic E-state index is 12.5. The lowest BCUT2D eigenvalue weighted by Crippen LogP contribution is -2.44. The Balaban J connectivity index is 4.57. The highest BCUT2D eigenvalue weighted by Gasteiger charge is 2.57. The van der Waals surface area contributed by atoms with Gasteiger partial charge in [-0.05, 0) is 22.6 Å². The van der Waals surface area contributed by atoms with Gasteiger partial charge in [0.15, 0.2) is 0 Å². The lowest BCUT2D eigenvalue weighted by Gasteiger charge is -2.24. The molecule has 0 aromatic carbocycles. The van der Waals surface area contributed by atoms with Gasteiger partial charge in [-0.25, -0.2) is 17.6 Å². The highest BCUT2D eigenvalue weighted by Crippen LogP contribution is 2.44. The van der Waals surface area contributed by atoms with Gasteiger partial charge in [0.05, 0.1) is 0 Å². The zero-order chi connectivity index (χ0) is 10.2. The van der Waals surface area contributed by atoms with Crippen LogP contribution in [0.25, 0.3) is 0 Å². The van der Waals surface area contributed by atoms with Gasteiger partial charge in [0.2, 0.25) is 6.17 Å². The average Bonchev–Trinajstić information content (AvgIpc) is 1.83. The smallest absolute Gasteiger partial charge is 0.235 e. The first-order chi connectivity index (χ1) is 5.10. The molecule has 0 aliphatic rings. The number of hydrogen-bond donors (Lipinski definition) is 0. The molecule has 0 aromatic heterocycles. The maximum Gasteiger partial charge on any atom is 0.331 e. The van der Waals surface area contributed by atoms with E-state index in [1.54, 1.807) is 0 Å². The van der Waals surface area contributed by atoms with Crippen LogP contribution in [0.3, 0.4) is 0 Å². The summed E-state index contributed by atoms with van der Waals surface area (Å²) in [5, 5.41) is 0. The first-order valence-electron chi connectivity index (χ1n) is 2.47. The number of hydrogen-bond acceptors (Lipinski definition) is 0. The molecule has 0 saturated carbocycles. The van der Waals surface area contributed by atoms with Crippen LogP contribution in [0.2, 0.25) is 0 Å². The number of rotatable bonds is 3. The van der Waals surface area contributed by atoms with Gasteiger partial charge in [-0.1, -0.05) is 0 Å². The Kier molecular flexibility index (Phi) is 4.40. The normalized spacial score (nSPS) is 20.8.